The summed E-state index contributed by atoms with van der Waals surface area (Å²) in [5.74, 6) is -1.09. The zero-order chi connectivity index (χ0) is 49.2. The van der Waals surface area contributed by atoms with Crippen molar-refractivity contribution in [2.24, 2.45) is 0 Å². The number of ether oxygens (including phenoxy) is 2. The highest BCUT2D eigenvalue weighted by molar-refractivity contribution is 7.47. The summed E-state index contributed by atoms with van der Waals surface area (Å²) in [6.45, 7) is 3.32. The first kappa shape index (κ1) is 63.3. The summed E-state index contributed by atoms with van der Waals surface area (Å²) in [6.07, 6.45) is 36.5. The summed E-state index contributed by atoms with van der Waals surface area (Å²) < 4.78 is 33.7. The molecule has 0 spiro atoms. The van der Waals surface area contributed by atoms with Crippen molar-refractivity contribution in [3.8, 4) is 0 Å². The smallest absolute Gasteiger partial charge is 0.462 e. The number of aliphatic hydroxyl groups is 5. The lowest BCUT2D eigenvalue weighted by Crippen LogP contribution is -2.64. The van der Waals surface area contributed by atoms with Crippen LogP contribution in [0.25, 0.3) is 0 Å². The van der Waals surface area contributed by atoms with E-state index in [1.165, 1.54) is 135 Å². The van der Waals surface area contributed by atoms with Crippen molar-refractivity contribution in [1.29, 1.82) is 0 Å². The van der Waals surface area contributed by atoms with Gasteiger partial charge < -0.3 is 39.9 Å². The molecule has 6 N–H and O–H groups in total. The summed E-state index contributed by atoms with van der Waals surface area (Å²) in [4.78, 5) is 35.9. The molecule has 13 nitrogen and oxygen atoms in total. The Kier molecular flexibility index (Phi) is 40.8. The van der Waals surface area contributed by atoms with Gasteiger partial charge in [0.05, 0.1) is 6.61 Å². The Bertz CT molecular complexity index is 1270. The van der Waals surface area contributed by atoms with Crippen molar-refractivity contribution in [3.63, 3.8) is 0 Å². The van der Waals surface area contributed by atoms with E-state index in [9.17, 15) is 44.6 Å². The summed E-state index contributed by atoms with van der Waals surface area (Å²) in [5, 5.41) is 50.3. The van der Waals surface area contributed by atoms with Crippen LogP contribution in [0.5, 0.6) is 0 Å². The third-order valence-corrected chi connectivity index (χ3v) is 13.8. The molecule has 6 atom stereocenters. The Balaban J connectivity index is 2.36. The van der Waals surface area contributed by atoms with E-state index < -0.39 is 75.7 Å². The minimum Gasteiger partial charge on any atom is -0.462 e. The second-order valence-electron chi connectivity index (χ2n) is 19.1. The van der Waals surface area contributed by atoms with Crippen molar-refractivity contribution in [3.05, 3.63) is 24.3 Å². The molecular formula is C53H99O13P. The number of rotatable bonds is 46. The highest BCUT2D eigenvalue weighted by Crippen LogP contribution is 2.47. The van der Waals surface area contributed by atoms with E-state index in [2.05, 4.69) is 38.2 Å². The van der Waals surface area contributed by atoms with Crippen LogP contribution in [-0.4, -0.2) is 98.3 Å². The molecule has 0 amide bonds. The Morgan fingerprint density at radius 2 is 0.806 bits per heavy atom. The van der Waals surface area contributed by atoms with Gasteiger partial charge in [-0.05, 0) is 44.9 Å². The predicted octanol–water partition coefficient (Wildman–Crippen LogP) is 12.0. The molecular weight excluding hydrogens is 876 g/mol. The van der Waals surface area contributed by atoms with Gasteiger partial charge in [-0.1, -0.05) is 212 Å². The van der Waals surface area contributed by atoms with Crippen LogP contribution in [0.1, 0.15) is 245 Å². The summed E-state index contributed by atoms with van der Waals surface area (Å²) in [5.41, 5.74) is 0. The molecule has 1 aliphatic carbocycles. The van der Waals surface area contributed by atoms with Crippen LogP contribution >= 0.6 is 7.82 Å². The van der Waals surface area contributed by atoms with E-state index in [1.807, 2.05) is 0 Å². The standard InChI is InChI=1S/C53H99O13P/c1-3-5-7-9-11-13-15-17-19-21-23-24-26-27-29-31-33-35-37-39-41-46(54)63-43-45(44-64-67(61,62)66-53-51(59)49(57)48(56)50(58)52(53)60)65-47(55)42-40-38-36-34-32-30-28-25-22-20-18-16-14-12-10-8-6-4-2/h14,16,20,22,45,48-53,56-60H,3-13,15,17-19,21,23-44H2,1-2H3,(H,61,62)/b16-14-,22-20-. The topological polar surface area (TPSA) is 210 Å². The Morgan fingerprint density at radius 3 is 1.22 bits per heavy atom. The van der Waals surface area contributed by atoms with Gasteiger partial charge in [0, 0.05) is 12.8 Å². The van der Waals surface area contributed by atoms with Crippen LogP contribution in [0, 0.1) is 0 Å². The van der Waals surface area contributed by atoms with Crippen molar-refractivity contribution in [1.82, 2.24) is 0 Å². The summed E-state index contributed by atoms with van der Waals surface area (Å²) in [6, 6.07) is 0. The summed E-state index contributed by atoms with van der Waals surface area (Å²) in [7, 11) is -5.12. The van der Waals surface area contributed by atoms with Crippen LogP contribution in [0.4, 0.5) is 0 Å². The lowest BCUT2D eigenvalue weighted by atomic mass is 9.85. The molecule has 0 saturated heterocycles. The van der Waals surface area contributed by atoms with Gasteiger partial charge in [-0.3, -0.25) is 18.6 Å². The summed E-state index contributed by atoms with van der Waals surface area (Å²) >= 11 is 0. The number of hydrogen-bond acceptors (Lipinski definition) is 12. The Labute approximate surface area is 406 Å². The molecule has 0 aliphatic heterocycles. The number of phosphoric acid groups is 1. The van der Waals surface area contributed by atoms with Gasteiger partial charge in [0.15, 0.2) is 6.10 Å². The molecule has 0 aromatic rings. The molecule has 1 fully saturated rings. The molecule has 6 unspecified atom stereocenters. The second kappa shape index (κ2) is 43.1. The quantitative estimate of drug-likeness (QED) is 0.0145. The van der Waals surface area contributed by atoms with E-state index in [4.69, 9.17) is 18.5 Å². The minimum atomic E-state index is -5.12. The normalized spacial score (nSPS) is 21.3. The number of allylic oxidation sites excluding steroid dienone is 4. The van der Waals surface area contributed by atoms with E-state index >= 15 is 0 Å². The molecule has 0 bridgehead atoms. The van der Waals surface area contributed by atoms with Crippen LogP contribution in [0.15, 0.2) is 24.3 Å². The van der Waals surface area contributed by atoms with Crippen LogP contribution < -0.4 is 0 Å². The maximum atomic E-state index is 12.9. The fourth-order valence-corrected chi connectivity index (χ4v) is 9.41. The maximum absolute atomic E-state index is 12.9. The molecule has 0 heterocycles. The SMILES string of the molecule is CCCCCC/C=C\C/C=C\CCCCCCCCCC(=O)OC(COC(=O)CCCCCCCCCCCCCCCCCCCCCC)COP(=O)(O)OC1C(O)C(O)C(O)C(O)C1O. The van der Waals surface area contributed by atoms with Gasteiger partial charge in [0.1, 0.15) is 43.2 Å². The Hall–Kier alpha value is -1.67. The monoisotopic (exact) mass is 975 g/mol. The molecule has 67 heavy (non-hydrogen) atoms. The van der Waals surface area contributed by atoms with Crippen LogP contribution in [0.2, 0.25) is 0 Å². The van der Waals surface area contributed by atoms with Gasteiger partial charge in [0.25, 0.3) is 0 Å². The number of unbranched alkanes of at least 4 members (excludes halogenated alkanes) is 30. The molecule has 1 aliphatic rings. The number of carbonyl (C=O) groups excluding carboxylic acids is 2. The van der Waals surface area contributed by atoms with Gasteiger partial charge >= 0.3 is 19.8 Å². The van der Waals surface area contributed by atoms with Gasteiger partial charge in [-0.15, -0.1) is 0 Å². The zero-order valence-corrected chi connectivity index (χ0v) is 43.1. The predicted molar refractivity (Wildman–Crippen MR) is 267 cm³/mol. The highest BCUT2D eigenvalue weighted by atomic mass is 31.2. The number of carbonyl (C=O) groups is 2. The number of esters is 2. The van der Waals surface area contributed by atoms with Crippen LogP contribution in [-0.2, 0) is 32.7 Å². The van der Waals surface area contributed by atoms with E-state index in [-0.39, 0.29) is 12.8 Å². The third kappa shape index (κ3) is 35.1. The Morgan fingerprint density at radius 1 is 0.463 bits per heavy atom. The second-order valence-corrected chi connectivity index (χ2v) is 20.5. The molecule has 14 heteroatoms. The van der Waals surface area contributed by atoms with Crippen molar-refractivity contribution in [2.45, 2.75) is 288 Å². The molecule has 0 aromatic heterocycles. The zero-order valence-electron chi connectivity index (χ0n) is 42.2. The van der Waals surface area contributed by atoms with Crippen molar-refractivity contribution >= 4 is 19.8 Å². The number of hydrogen-bond donors (Lipinski definition) is 6. The van der Waals surface area contributed by atoms with Crippen molar-refractivity contribution in [2.75, 3.05) is 13.2 Å². The van der Waals surface area contributed by atoms with Crippen molar-refractivity contribution < 1.29 is 63.1 Å². The number of aliphatic hydroxyl groups excluding tert-OH is 5. The lowest BCUT2D eigenvalue weighted by molar-refractivity contribution is -0.220. The number of phosphoric ester groups is 1. The van der Waals surface area contributed by atoms with Gasteiger partial charge in [-0.2, -0.15) is 0 Å². The van der Waals surface area contributed by atoms with E-state index in [1.54, 1.807) is 0 Å². The van der Waals surface area contributed by atoms with E-state index in [0.717, 1.165) is 70.6 Å². The van der Waals surface area contributed by atoms with Gasteiger partial charge in [-0.25, -0.2) is 4.57 Å². The minimum absolute atomic E-state index is 0.0909. The van der Waals surface area contributed by atoms with Gasteiger partial charge in [0.2, 0.25) is 0 Å². The molecule has 394 valence electrons. The first-order chi connectivity index (χ1) is 32.4. The average Bonchev–Trinajstić information content (AvgIpc) is 3.31. The first-order valence-corrected chi connectivity index (χ1v) is 28.6. The molecule has 0 aromatic carbocycles. The van der Waals surface area contributed by atoms with E-state index in [0.29, 0.717) is 12.8 Å². The molecule has 1 rings (SSSR count). The fourth-order valence-electron chi connectivity index (χ4n) is 8.44. The lowest BCUT2D eigenvalue weighted by Gasteiger charge is -2.41. The largest absolute Gasteiger partial charge is 0.472 e. The third-order valence-electron chi connectivity index (χ3n) is 12.8. The first-order valence-electron chi connectivity index (χ1n) is 27.1. The molecule has 0 radical (unpaired) electrons. The average molecular weight is 975 g/mol. The highest BCUT2D eigenvalue weighted by Gasteiger charge is 2.51. The fraction of sp³-hybridized carbons (Fsp3) is 0.887. The molecule has 1 saturated carbocycles. The van der Waals surface area contributed by atoms with Crippen LogP contribution in [0.3, 0.4) is 0 Å². The maximum Gasteiger partial charge on any atom is 0.472 e.